The number of pyridine rings is 1. The molecule has 2 aromatic carbocycles. The lowest BCUT2D eigenvalue weighted by atomic mass is 10.0. The summed E-state index contributed by atoms with van der Waals surface area (Å²) >= 11 is 0. The molecule has 4 aromatic rings. The van der Waals surface area contributed by atoms with E-state index in [0.717, 1.165) is 15.6 Å². The van der Waals surface area contributed by atoms with E-state index in [4.69, 9.17) is 0 Å². The number of carboxylic acids is 1. The van der Waals surface area contributed by atoms with Crippen molar-refractivity contribution < 1.29 is 31.5 Å². The van der Waals surface area contributed by atoms with Crippen molar-refractivity contribution in [2.24, 2.45) is 0 Å². The first-order valence-electron chi connectivity index (χ1n) is 11.0. The number of halogens is 3. The predicted molar refractivity (Wildman–Crippen MR) is 129 cm³/mol. The molecule has 0 amide bonds. The molecule has 2 heterocycles. The van der Waals surface area contributed by atoms with Crippen LogP contribution in [-0.2, 0) is 22.6 Å². The number of carboxylic acid groups (broad SMARTS) is 1. The van der Waals surface area contributed by atoms with E-state index in [9.17, 15) is 31.5 Å². The number of alkyl halides is 3. The number of rotatable bonds is 6. The summed E-state index contributed by atoms with van der Waals surface area (Å²) in [6.45, 7) is 5.56. The summed E-state index contributed by atoms with van der Waals surface area (Å²) in [6, 6.07) is 13.2. The quantitative estimate of drug-likeness (QED) is 0.339. The Balaban J connectivity index is 1.90. The Morgan fingerprint density at radius 1 is 1.06 bits per heavy atom. The molecule has 0 aliphatic rings. The fourth-order valence-electron chi connectivity index (χ4n) is 4.09. The molecule has 1 N–H and O–H groups in total. The van der Waals surface area contributed by atoms with E-state index >= 15 is 0 Å². The minimum atomic E-state index is -4.64. The summed E-state index contributed by atoms with van der Waals surface area (Å²) in [5.74, 6) is -0.909. The summed E-state index contributed by atoms with van der Waals surface area (Å²) < 4.78 is 68.3. The van der Waals surface area contributed by atoms with Crippen LogP contribution in [0.4, 0.5) is 13.2 Å². The normalized spacial score (nSPS) is 12.4. The van der Waals surface area contributed by atoms with Crippen LogP contribution in [0.3, 0.4) is 0 Å². The first-order valence-corrected chi connectivity index (χ1v) is 12.5. The largest absolute Gasteiger partial charge is 0.478 e. The standard InChI is InChI=1S/C26H23F3N2O4S/c1-15(2)18-5-7-22(8-6-18)36(34,35)31-21(11-17-4-9-23(25(32)33)16(3)10-17)13-19-12-20(26(27,28)29)14-30-24(19)31/h4-10,12-15H,11H2,1-3H3,(H,32,33). The number of nitrogens with zero attached hydrogens (tertiary/aromatic N) is 2. The topological polar surface area (TPSA) is 89.3 Å². The molecule has 0 saturated heterocycles. The van der Waals surface area contributed by atoms with Gasteiger partial charge in [0, 0.05) is 23.7 Å². The van der Waals surface area contributed by atoms with Crippen LogP contribution in [0.1, 0.15) is 58.1 Å². The van der Waals surface area contributed by atoms with Gasteiger partial charge in [-0.15, -0.1) is 0 Å². The van der Waals surface area contributed by atoms with E-state index in [1.807, 2.05) is 13.8 Å². The average Bonchev–Trinajstić information content (AvgIpc) is 3.16. The number of hydrogen-bond donors (Lipinski definition) is 1. The molecule has 188 valence electrons. The van der Waals surface area contributed by atoms with Crippen molar-refractivity contribution in [2.45, 2.75) is 44.2 Å². The van der Waals surface area contributed by atoms with Gasteiger partial charge in [-0.1, -0.05) is 38.1 Å². The van der Waals surface area contributed by atoms with Crippen LogP contribution in [0.15, 0.2) is 65.7 Å². The molecule has 0 saturated carbocycles. The fraction of sp³-hybridized carbons (Fsp3) is 0.231. The third-order valence-electron chi connectivity index (χ3n) is 5.99. The summed E-state index contributed by atoms with van der Waals surface area (Å²) in [5, 5.41) is 9.31. The molecule has 10 heteroatoms. The van der Waals surface area contributed by atoms with Crippen LogP contribution in [0.25, 0.3) is 11.0 Å². The zero-order valence-corrected chi connectivity index (χ0v) is 20.5. The lowest BCUT2D eigenvalue weighted by Gasteiger charge is -2.14. The van der Waals surface area contributed by atoms with Gasteiger partial charge in [-0.3, -0.25) is 0 Å². The number of aromatic carboxylic acids is 1. The Bertz CT molecular complexity index is 1570. The highest BCUT2D eigenvalue weighted by molar-refractivity contribution is 7.90. The first kappa shape index (κ1) is 25.4. The maximum Gasteiger partial charge on any atom is 0.417 e. The molecule has 2 aromatic heterocycles. The Hall–Kier alpha value is -3.66. The lowest BCUT2D eigenvalue weighted by Crippen LogP contribution is -2.17. The van der Waals surface area contributed by atoms with E-state index < -0.39 is 27.7 Å². The van der Waals surface area contributed by atoms with Gasteiger partial charge < -0.3 is 5.11 Å². The number of hydrogen-bond acceptors (Lipinski definition) is 4. The number of benzene rings is 2. The molecule has 0 bridgehead atoms. The van der Waals surface area contributed by atoms with Gasteiger partial charge in [-0.2, -0.15) is 13.2 Å². The third-order valence-corrected chi connectivity index (χ3v) is 7.75. The second-order valence-corrected chi connectivity index (χ2v) is 10.7. The molecular formula is C26H23F3N2O4S. The van der Waals surface area contributed by atoms with Crippen LogP contribution in [0.5, 0.6) is 0 Å². The summed E-state index contributed by atoms with van der Waals surface area (Å²) in [6.07, 6.45) is -3.99. The maximum atomic E-state index is 13.7. The van der Waals surface area contributed by atoms with E-state index in [2.05, 4.69) is 4.98 Å². The third kappa shape index (κ3) is 4.73. The number of aromatic nitrogens is 2. The molecule has 4 rings (SSSR count). The number of aryl methyl sites for hydroxylation is 1. The van der Waals surface area contributed by atoms with Gasteiger partial charge in [0.05, 0.1) is 16.0 Å². The summed E-state index contributed by atoms with van der Waals surface area (Å²) in [7, 11) is -4.22. The Morgan fingerprint density at radius 2 is 1.72 bits per heavy atom. The van der Waals surface area contributed by atoms with Crippen LogP contribution >= 0.6 is 0 Å². The SMILES string of the molecule is Cc1cc(Cc2cc3cc(C(F)(F)F)cnc3n2S(=O)(=O)c2ccc(C(C)C)cc2)ccc1C(=O)O. The van der Waals surface area contributed by atoms with Gasteiger partial charge in [0.25, 0.3) is 10.0 Å². The van der Waals surface area contributed by atoms with Crippen molar-refractivity contribution in [3.63, 3.8) is 0 Å². The van der Waals surface area contributed by atoms with Crippen molar-refractivity contribution in [1.82, 2.24) is 8.96 Å². The smallest absolute Gasteiger partial charge is 0.417 e. The van der Waals surface area contributed by atoms with Crippen LogP contribution in [-0.4, -0.2) is 28.5 Å². The van der Waals surface area contributed by atoms with Gasteiger partial charge >= 0.3 is 12.1 Å². The molecule has 0 aliphatic heterocycles. The molecule has 0 atom stereocenters. The monoisotopic (exact) mass is 516 g/mol. The van der Waals surface area contributed by atoms with Gasteiger partial charge in [0.15, 0.2) is 5.65 Å². The zero-order valence-electron chi connectivity index (χ0n) is 19.7. The zero-order chi connectivity index (χ0) is 26.4. The average molecular weight is 517 g/mol. The van der Waals surface area contributed by atoms with Gasteiger partial charge in [-0.25, -0.2) is 22.2 Å². The minimum Gasteiger partial charge on any atom is -0.478 e. The van der Waals surface area contributed by atoms with Crippen molar-refractivity contribution in [3.05, 3.63) is 94.3 Å². The minimum absolute atomic E-state index is 0.0234. The van der Waals surface area contributed by atoms with E-state index in [1.54, 1.807) is 31.2 Å². The molecular weight excluding hydrogens is 493 g/mol. The van der Waals surface area contributed by atoms with Crippen LogP contribution in [0, 0.1) is 6.92 Å². The second-order valence-electron chi connectivity index (χ2n) is 8.89. The Kier molecular flexibility index (Phi) is 6.42. The highest BCUT2D eigenvalue weighted by Gasteiger charge is 2.32. The highest BCUT2D eigenvalue weighted by Crippen LogP contribution is 2.33. The Morgan fingerprint density at radius 3 is 2.28 bits per heavy atom. The van der Waals surface area contributed by atoms with E-state index in [-0.39, 0.29) is 39.5 Å². The maximum absolute atomic E-state index is 13.7. The molecule has 6 nitrogen and oxygen atoms in total. The van der Waals surface area contributed by atoms with Crippen molar-refractivity contribution in [3.8, 4) is 0 Å². The Labute approximate surface area is 206 Å². The van der Waals surface area contributed by atoms with Crippen molar-refractivity contribution >= 4 is 27.0 Å². The molecule has 0 spiro atoms. The van der Waals surface area contributed by atoms with Crippen molar-refractivity contribution in [2.75, 3.05) is 0 Å². The first-order chi connectivity index (χ1) is 16.8. The number of fused-ring (bicyclic) bond motifs is 1. The lowest BCUT2D eigenvalue weighted by molar-refractivity contribution is -0.137. The fourth-order valence-corrected chi connectivity index (χ4v) is 5.58. The molecule has 0 radical (unpaired) electrons. The van der Waals surface area contributed by atoms with Crippen LogP contribution in [0.2, 0.25) is 0 Å². The molecule has 0 aliphatic carbocycles. The van der Waals surface area contributed by atoms with Gasteiger partial charge in [0.1, 0.15) is 0 Å². The van der Waals surface area contributed by atoms with Crippen LogP contribution < -0.4 is 0 Å². The summed E-state index contributed by atoms with van der Waals surface area (Å²) in [5.41, 5.74) is 1.22. The predicted octanol–water partition coefficient (Wildman–Crippen LogP) is 6.01. The molecule has 36 heavy (non-hydrogen) atoms. The van der Waals surface area contributed by atoms with E-state index in [1.165, 1.54) is 24.3 Å². The highest BCUT2D eigenvalue weighted by atomic mass is 32.2. The second kappa shape index (κ2) is 9.09. The van der Waals surface area contributed by atoms with E-state index in [0.29, 0.717) is 17.3 Å². The van der Waals surface area contributed by atoms with Gasteiger partial charge in [-0.05, 0) is 59.9 Å². The van der Waals surface area contributed by atoms with Crippen molar-refractivity contribution in [1.29, 1.82) is 0 Å². The molecule has 0 fully saturated rings. The van der Waals surface area contributed by atoms with Gasteiger partial charge in [0.2, 0.25) is 0 Å². The number of carbonyl (C=O) groups is 1. The molecule has 0 unspecified atom stereocenters. The summed E-state index contributed by atoms with van der Waals surface area (Å²) in [4.78, 5) is 15.2.